The lowest BCUT2D eigenvalue weighted by Crippen LogP contribution is -2.18. The van der Waals surface area contributed by atoms with Gasteiger partial charge in [0.05, 0.1) is 0 Å². The molecule has 0 spiro atoms. The largest absolute Gasteiger partial charge is 0.269 e. The van der Waals surface area contributed by atoms with Crippen molar-refractivity contribution in [2.45, 2.75) is 0 Å². The minimum absolute atomic E-state index is 1.31. The van der Waals surface area contributed by atoms with E-state index < -0.39 is 0 Å². The van der Waals surface area contributed by atoms with Crippen molar-refractivity contribution >= 4 is 10.8 Å². The Balaban J connectivity index is 0.000000323. The highest BCUT2D eigenvalue weighted by Crippen LogP contribution is 2.11. The second-order valence-electron chi connectivity index (χ2n) is 3.31. The van der Waals surface area contributed by atoms with E-state index in [1.165, 1.54) is 15.8 Å². The molecule has 0 amide bonds. The van der Waals surface area contributed by atoms with Crippen LogP contribution in [0.1, 0.15) is 0 Å². The van der Waals surface area contributed by atoms with E-state index in [-0.39, 0.29) is 0 Å². The number of benzene rings is 2. The van der Waals surface area contributed by atoms with Crippen molar-refractivity contribution in [3.63, 3.8) is 0 Å². The maximum Gasteiger partial charge on any atom is 0.00105 e. The van der Waals surface area contributed by atoms with Crippen LogP contribution in [-0.4, -0.2) is 19.1 Å². The lowest BCUT2D eigenvalue weighted by molar-refractivity contribution is 0.432. The van der Waals surface area contributed by atoms with E-state index in [2.05, 4.69) is 61.7 Å². The van der Waals surface area contributed by atoms with Crippen molar-refractivity contribution in [3.8, 4) is 0 Å². The van der Waals surface area contributed by atoms with Crippen LogP contribution in [0.3, 0.4) is 0 Å². The van der Waals surface area contributed by atoms with E-state index >= 15 is 0 Å². The topological polar surface area (TPSA) is 29.3 Å². The molecular weight excluding hydrogens is 196 g/mol. The molecule has 0 aliphatic rings. The van der Waals surface area contributed by atoms with Gasteiger partial charge < -0.3 is 0 Å². The summed E-state index contributed by atoms with van der Waals surface area (Å²) in [5, 5.41) is 4.12. The fourth-order valence-corrected chi connectivity index (χ4v) is 1.13. The summed E-state index contributed by atoms with van der Waals surface area (Å²) in [6.45, 7) is 6.00. The zero-order valence-corrected chi connectivity index (χ0v) is 10.1. The van der Waals surface area contributed by atoms with Gasteiger partial charge in [0.25, 0.3) is 0 Å². The summed E-state index contributed by atoms with van der Waals surface area (Å²) < 4.78 is 0. The van der Waals surface area contributed by atoms with Crippen LogP contribution in [0.5, 0.6) is 0 Å². The Morgan fingerprint density at radius 1 is 0.812 bits per heavy atom. The lowest BCUT2D eigenvalue weighted by Gasteiger charge is -1.92. The summed E-state index contributed by atoms with van der Waals surface area (Å²) in [7, 11) is 3.56. The molecule has 2 heteroatoms. The van der Waals surface area contributed by atoms with E-state index in [0.29, 0.717) is 0 Å². The van der Waals surface area contributed by atoms with Gasteiger partial charge in [0.15, 0.2) is 0 Å². The highest BCUT2D eigenvalue weighted by molar-refractivity contribution is 5.81. The third-order valence-corrected chi connectivity index (χ3v) is 1.66. The molecule has 0 atom stereocenters. The van der Waals surface area contributed by atoms with Crippen LogP contribution in [0.2, 0.25) is 0 Å². The Bertz CT molecular complexity index is 328. The van der Waals surface area contributed by atoms with Crippen molar-refractivity contribution < 1.29 is 0 Å². The summed E-state index contributed by atoms with van der Waals surface area (Å²) in [5.74, 6) is 4.94. The molecule has 2 aromatic carbocycles. The Morgan fingerprint density at radius 3 is 1.19 bits per heavy atom. The number of nitrogens with two attached hydrogens (primary N) is 1. The van der Waals surface area contributed by atoms with E-state index in [4.69, 9.17) is 5.84 Å². The van der Waals surface area contributed by atoms with Crippen LogP contribution in [0.15, 0.2) is 61.7 Å². The summed E-state index contributed by atoms with van der Waals surface area (Å²) in [6, 6.07) is 16.7. The van der Waals surface area contributed by atoms with Crippen molar-refractivity contribution in [3.05, 3.63) is 61.7 Å². The number of fused-ring (bicyclic) bond motifs is 1. The third-order valence-electron chi connectivity index (χ3n) is 1.66. The number of nitrogens with zero attached hydrogens (tertiary/aromatic N) is 1. The average Bonchev–Trinajstić information content (AvgIpc) is 2.31. The van der Waals surface area contributed by atoms with E-state index in [1.54, 1.807) is 14.1 Å². The molecule has 0 aliphatic carbocycles. The van der Waals surface area contributed by atoms with Crippen molar-refractivity contribution in [2.75, 3.05) is 14.1 Å². The number of hydrogen-bond donors (Lipinski definition) is 1. The average molecular weight is 216 g/mol. The predicted octanol–water partition coefficient (Wildman–Crippen LogP) is 3.06. The van der Waals surface area contributed by atoms with Crippen LogP contribution in [0.4, 0.5) is 0 Å². The smallest absolute Gasteiger partial charge is 0.00105 e. The molecule has 0 aliphatic heterocycles. The van der Waals surface area contributed by atoms with E-state index in [1.807, 2.05) is 0 Å². The number of hydrogen-bond acceptors (Lipinski definition) is 2. The standard InChI is InChI=1S/C10H8.C2H8N2.C2H4/c1-2-6-10-8-4-3-7-9(10)5-1;1-4(2)3;1-2/h1-8H;3H2,1-2H3;1-2H2. The Kier molecular flexibility index (Phi) is 7.76. The van der Waals surface area contributed by atoms with Crippen molar-refractivity contribution in [2.24, 2.45) is 5.84 Å². The van der Waals surface area contributed by atoms with Gasteiger partial charge in [-0.15, -0.1) is 13.2 Å². The Labute approximate surface area is 98.0 Å². The van der Waals surface area contributed by atoms with Gasteiger partial charge in [-0.25, -0.2) is 0 Å². The second kappa shape index (κ2) is 8.65. The number of hydrazine groups is 1. The highest BCUT2D eigenvalue weighted by atomic mass is 15.4. The molecule has 0 heterocycles. The first-order chi connectivity index (χ1) is 7.70. The zero-order chi connectivity index (χ0) is 12.4. The van der Waals surface area contributed by atoms with Crippen LogP contribution in [0.25, 0.3) is 10.8 Å². The number of rotatable bonds is 0. The molecule has 0 saturated heterocycles. The molecule has 0 radical (unpaired) electrons. The van der Waals surface area contributed by atoms with Gasteiger partial charge in [-0.05, 0) is 10.8 Å². The van der Waals surface area contributed by atoms with Crippen LogP contribution in [0, 0.1) is 0 Å². The molecule has 2 rings (SSSR count). The van der Waals surface area contributed by atoms with Crippen LogP contribution >= 0.6 is 0 Å². The van der Waals surface area contributed by atoms with Crippen molar-refractivity contribution in [1.82, 2.24) is 5.01 Å². The summed E-state index contributed by atoms with van der Waals surface area (Å²) in [5.41, 5.74) is 0. The normalized spacial score (nSPS) is 8.75. The predicted molar refractivity (Wildman–Crippen MR) is 73.1 cm³/mol. The van der Waals surface area contributed by atoms with Crippen molar-refractivity contribution in [1.29, 1.82) is 0 Å². The molecule has 2 aromatic rings. The van der Waals surface area contributed by atoms with E-state index in [9.17, 15) is 0 Å². The maximum absolute atomic E-state index is 4.94. The monoisotopic (exact) mass is 216 g/mol. The van der Waals surface area contributed by atoms with Gasteiger partial charge >= 0.3 is 0 Å². The molecule has 2 nitrogen and oxygen atoms in total. The lowest BCUT2D eigenvalue weighted by atomic mass is 10.1. The van der Waals surface area contributed by atoms with Gasteiger partial charge in [0, 0.05) is 14.1 Å². The summed E-state index contributed by atoms with van der Waals surface area (Å²) >= 11 is 0. The van der Waals surface area contributed by atoms with Gasteiger partial charge in [-0.1, -0.05) is 48.5 Å². The molecule has 2 N–H and O–H groups in total. The van der Waals surface area contributed by atoms with Crippen LogP contribution < -0.4 is 5.84 Å². The first kappa shape index (κ1) is 14.4. The molecule has 0 fully saturated rings. The molecule has 86 valence electrons. The van der Waals surface area contributed by atoms with Gasteiger partial charge in [0.1, 0.15) is 0 Å². The Hall–Kier alpha value is -1.64. The summed E-state index contributed by atoms with van der Waals surface area (Å²) in [4.78, 5) is 0. The van der Waals surface area contributed by atoms with Gasteiger partial charge in [-0.3, -0.25) is 10.9 Å². The highest BCUT2D eigenvalue weighted by Gasteiger charge is 1.85. The first-order valence-corrected chi connectivity index (χ1v) is 5.06. The minimum atomic E-state index is 1.31. The molecule has 0 bridgehead atoms. The van der Waals surface area contributed by atoms with Gasteiger partial charge in [-0.2, -0.15) is 0 Å². The van der Waals surface area contributed by atoms with Gasteiger partial charge in [0.2, 0.25) is 0 Å². The molecule has 0 unspecified atom stereocenters. The SMILES string of the molecule is C=C.CN(C)N.c1ccc2ccccc2c1. The Morgan fingerprint density at radius 2 is 1.00 bits per heavy atom. The molecule has 0 aromatic heterocycles. The van der Waals surface area contributed by atoms with E-state index in [0.717, 1.165) is 0 Å². The second-order valence-corrected chi connectivity index (χ2v) is 3.31. The molecular formula is C14H20N2. The fourth-order valence-electron chi connectivity index (χ4n) is 1.13. The van der Waals surface area contributed by atoms with Crippen LogP contribution in [-0.2, 0) is 0 Å². The summed E-state index contributed by atoms with van der Waals surface area (Å²) in [6.07, 6.45) is 0. The maximum atomic E-state index is 4.94. The fraction of sp³-hybridized carbons (Fsp3) is 0.143. The first-order valence-electron chi connectivity index (χ1n) is 5.06. The molecule has 0 saturated carbocycles. The molecule has 16 heavy (non-hydrogen) atoms. The zero-order valence-electron chi connectivity index (χ0n) is 10.1. The quantitative estimate of drug-likeness (QED) is 0.416. The minimum Gasteiger partial charge on any atom is -0.269 e. The third kappa shape index (κ3) is 5.96.